The number of benzene rings is 1. The molecule has 2 N–H and O–H groups in total. The molecule has 4 nitrogen and oxygen atoms in total. The zero-order chi connectivity index (χ0) is 15.0. The van der Waals surface area contributed by atoms with Crippen LogP contribution >= 0.6 is 15.9 Å². The second-order valence-electron chi connectivity index (χ2n) is 5.46. The van der Waals surface area contributed by atoms with Gasteiger partial charge in [0.15, 0.2) is 0 Å². The molecule has 3 rings (SSSR count). The highest BCUT2D eigenvalue weighted by atomic mass is 79.9. The summed E-state index contributed by atoms with van der Waals surface area (Å²) in [6, 6.07) is 6.42. The number of nitrogens with zero attached hydrogens (tertiary/aromatic N) is 2. The van der Waals surface area contributed by atoms with Crippen LogP contribution in [0.1, 0.15) is 41.9 Å². The molecule has 0 unspecified atom stereocenters. The number of hydrogen-bond donors (Lipinski definition) is 1. The topological polar surface area (TPSA) is 53.1 Å². The maximum Gasteiger partial charge on any atom is 0.131 e. The molecular weight excluding hydrogens is 330 g/mol. The SMILES string of the molecule is CCn1nc(C)c(Br)c1COc1ccc2c(c1)CC[C@H]2N. The first-order valence-electron chi connectivity index (χ1n) is 7.33. The average molecular weight is 350 g/mol. The van der Waals surface area contributed by atoms with Gasteiger partial charge in [0.1, 0.15) is 12.4 Å². The van der Waals surface area contributed by atoms with E-state index in [1.54, 1.807) is 0 Å². The first kappa shape index (κ1) is 14.6. The Morgan fingerprint density at radius 3 is 3.05 bits per heavy atom. The molecule has 0 aliphatic heterocycles. The maximum absolute atomic E-state index is 6.06. The summed E-state index contributed by atoms with van der Waals surface area (Å²) in [5.74, 6) is 0.899. The van der Waals surface area contributed by atoms with Crippen molar-refractivity contribution < 1.29 is 4.74 Å². The van der Waals surface area contributed by atoms with Gasteiger partial charge in [-0.3, -0.25) is 4.68 Å². The van der Waals surface area contributed by atoms with Gasteiger partial charge in [0, 0.05) is 12.6 Å². The number of halogens is 1. The second kappa shape index (κ2) is 5.81. The fraction of sp³-hybridized carbons (Fsp3) is 0.438. The van der Waals surface area contributed by atoms with Crippen LogP contribution in [0, 0.1) is 6.92 Å². The van der Waals surface area contributed by atoms with E-state index in [0.29, 0.717) is 6.61 Å². The molecule has 1 aliphatic carbocycles. The van der Waals surface area contributed by atoms with E-state index in [4.69, 9.17) is 10.5 Å². The van der Waals surface area contributed by atoms with E-state index < -0.39 is 0 Å². The van der Waals surface area contributed by atoms with Crippen LogP contribution in [-0.4, -0.2) is 9.78 Å². The van der Waals surface area contributed by atoms with Gasteiger partial charge in [0.2, 0.25) is 0 Å². The Labute approximate surface area is 133 Å². The molecular formula is C16H20BrN3O. The number of nitrogens with two attached hydrogens (primary N) is 1. The van der Waals surface area contributed by atoms with Crippen LogP contribution < -0.4 is 10.5 Å². The Hall–Kier alpha value is -1.33. The van der Waals surface area contributed by atoms with Crippen molar-refractivity contribution in [3.8, 4) is 5.75 Å². The Balaban J connectivity index is 1.77. The fourth-order valence-corrected chi connectivity index (χ4v) is 3.27. The van der Waals surface area contributed by atoms with Gasteiger partial charge in [0.25, 0.3) is 0 Å². The lowest BCUT2D eigenvalue weighted by Crippen LogP contribution is -2.07. The quantitative estimate of drug-likeness (QED) is 0.918. The lowest BCUT2D eigenvalue weighted by Gasteiger charge is -2.10. The van der Waals surface area contributed by atoms with Gasteiger partial charge in [-0.1, -0.05) is 6.07 Å². The molecule has 1 aliphatic rings. The molecule has 0 amide bonds. The van der Waals surface area contributed by atoms with Crippen molar-refractivity contribution in [1.82, 2.24) is 9.78 Å². The molecule has 1 aromatic heterocycles. The Kier molecular flexibility index (Phi) is 4.04. The zero-order valence-electron chi connectivity index (χ0n) is 12.4. The highest BCUT2D eigenvalue weighted by Gasteiger charge is 2.19. The number of fused-ring (bicyclic) bond motifs is 1. The molecule has 0 bridgehead atoms. The summed E-state index contributed by atoms with van der Waals surface area (Å²) in [7, 11) is 0. The van der Waals surface area contributed by atoms with E-state index >= 15 is 0 Å². The minimum Gasteiger partial charge on any atom is -0.487 e. The molecule has 1 aromatic carbocycles. The van der Waals surface area contributed by atoms with Crippen molar-refractivity contribution in [2.75, 3.05) is 0 Å². The predicted molar refractivity (Wildman–Crippen MR) is 86.4 cm³/mol. The number of hydrogen-bond acceptors (Lipinski definition) is 3. The van der Waals surface area contributed by atoms with E-state index in [1.165, 1.54) is 11.1 Å². The van der Waals surface area contributed by atoms with Crippen LogP contribution in [0.5, 0.6) is 5.75 Å². The third-order valence-corrected chi connectivity index (χ3v) is 5.10. The van der Waals surface area contributed by atoms with Gasteiger partial charge in [0.05, 0.1) is 15.9 Å². The van der Waals surface area contributed by atoms with E-state index in [0.717, 1.165) is 41.0 Å². The van der Waals surface area contributed by atoms with E-state index in [2.05, 4.69) is 40.1 Å². The largest absolute Gasteiger partial charge is 0.487 e. The molecule has 0 fully saturated rings. The van der Waals surface area contributed by atoms with Gasteiger partial charge >= 0.3 is 0 Å². The zero-order valence-corrected chi connectivity index (χ0v) is 14.0. The fourth-order valence-electron chi connectivity index (χ4n) is 2.88. The summed E-state index contributed by atoms with van der Waals surface area (Å²) in [6.45, 7) is 5.43. The number of aromatic nitrogens is 2. The van der Waals surface area contributed by atoms with Crippen LogP contribution in [0.25, 0.3) is 0 Å². The normalized spacial score (nSPS) is 17.0. The summed E-state index contributed by atoms with van der Waals surface area (Å²) in [5, 5.41) is 4.48. The number of aryl methyl sites for hydroxylation is 3. The van der Waals surface area contributed by atoms with Crippen molar-refractivity contribution in [3.63, 3.8) is 0 Å². The first-order chi connectivity index (χ1) is 10.1. The monoisotopic (exact) mass is 349 g/mol. The molecule has 21 heavy (non-hydrogen) atoms. The molecule has 1 atom stereocenters. The molecule has 112 valence electrons. The highest BCUT2D eigenvalue weighted by Crippen LogP contribution is 2.32. The summed E-state index contributed by atoms with van der Waals surface area (Å²) in [6.07, 6.45) is 2.08. The summed E-state index contributed by atoms with van der Waals surface area (Å²) in [5.41, 5.74) is 10.7. The molecule has 0 spiro atoms. The standard InChI is InChI=1S/C16H20BrN3O/c1-3-20-15(16(17)10(2)19-20)9-21-12-5-6-13-11(8-12)4-7-14(13)18/h5-6,8,14H,3-4,7,9,18H2,1-2H3/t14-/m1/s1. The third-order valence-electron chi connectivity index (χ3n) is 4.07. The number of rotatable bonds is 4. The van der Waals surface area contributed by atoms with Gasteiger partial charge < -0.3 is 10.5 Å². The molecule has 0 radical (unpaired) electrons. The predicted octanol–water partition coefficient (Wildman–Crippen LogP) is 3.50. The lowest BCUT2D eigenvalue weighted by molar-refractivity contribution is 0.291. The molecule has 0 saturated carbocycles. The average Bonchev–Trinajstić information content (AvgIpc) is 2.98. The minimum absolute atomic E-state index is 0.187. The van der Waals surface area contributed by atoms with Gasteiger partial charge in [-0.25, -0.2) is 0 Å². The molecule has 2 aromatic rings. The van der Waals surface area contributed by atoms with Gasteiger partial charge in [-0.15, -0.1) is 0 Å². The lowest BCUT2D eigenvalue weighted by atomic mass is 10.1. The Morgan fingerprint density at radius 2 is 2.29 bits per heavy atom. The van der Waals surface area contributed by atoms with Gasteiger partial charge in [-0.05, 0) is 65.9 Å². The minimum atomic E-state index is 0.187. The van der Waals surface area contributed by atoms with Crippen molar-refractivity contribution in [1.29, 1.82) is 0 Å². The summed E-state index contributed by atoms with van der Waals surface area (Å²) in [4.78, 5) is 0. The molecule has 0 saturated heterocycles. The van der Waals surface area contributed by atoms with Gasteiger partial charge in [-0.2, -0.15) is 5.10 Å². The van der Waals surface area contributed by atoms with Crippen LogP contribution in [0.15, 0.2) is 22.7 Å². The van der Waals surface area contributed by atoms with Crippen molar-refractivity contribution >= 4 is 15.9 Å². The van der Waals surface area contributed by atoms with Crippen molar-refractivity contribution in [2.45, 2.75) is 45.9 Å². The third kappa shape index (κ3) is 2.72. The first-order valence-corrected chi connectivity index (χ1v) is 8.12. The summed E-state index contributed by atoms with van der Waals surface area (Å²) < 4.78 is 8.97. The van der Waals surface area contributed by atoms with E-state index in [9.17, 15) is 0 Å². The summed E-state index contributed by atoms with van der Waals surface area (Å²) >= 11 is 3.59. The molecule has 5 heteroatoms. The van der Waals surface area contributed by atoms with E-state index in [-0.39, 0.29) is 6.04 Å². The Morgan fingerprint density at radius 1 is 1.48 bits per heavy atom. The molecule has 1 heterocycles. The van der Waals surface area contributed by atoms with Crippen molar-refractivity contribution in [3.05, 3.63) is 45.2 Å². The van der Waals surface area contributed by atoms with Crippen molar-refractivity contribution in [2.24, 2.45) is 5.73 Å². The van der Waals surface area contributed by atoms with Crippen LogP contribution in [0.3, 0.4) is 0 Å². The Bertz CT molecular complexity index is 666. The number of ether oxygens (including phenoxy) is 1. The van der Waals surface area contributed by atoms with Crippen LogP contribution in [0.4, 0.5) is 0 Å². The maximum atomic E-state index is 6.06. The second-order valence-corrected chi connectivity index (χ2v) is 6.25. The van der Waals surface area contributed by atoms with Crippen LogP contribution in [0.2, 0.25) is 0 Å². The van der Waals surface area contributed by atoms with Crippen LogP contribution in [-0.2, 0) is 19.6 Å². The smallest absolute Gasteiger partial charge is 0.131 e. The highest BCUT2D eigenvalue weighted by molar-refractivity contribution is 9.10. The van der Waals surface area contributed by atoms with E-state index in [1.807, 2.05) is 17.7 Å².